The number of amides is 2. The molecule has 0 saturated carbocycles. The zero-order chi connectivity index (χ0) is 21.7. The van der Waals surface area contributed by atoms with E-state index < -0.39 is 0 Å². The van der Waals surface area contributed by atoms with Crippen LogP contribution in [-0.4, -0.2) is 33.7 Å². The van der Waals surface area contributed by atoms with Gasteiger partial charge in [0, 0.05) is 29.8 Å². The average molecular weight is 428 g/mol. The van der Waals surface area contributed by atoms with Crippen LogP contribution in [0, 0.1) is 19.8 Å². The zero-order valence-corrected chi connectivity index (χ0v) is 18.3. The molecule has 1 aromatic carbocycles. The van der Waals surface area contributed by atoms with Gasteiger partial charge in [-0.15, -0.1) is 10.2 Å². The fourth-order valence-electron chi connectivity index (χ4n) is 2.93. The van der Waals surface area contributed by atoms with Crippen LogP contribution in [0.4, 0.5) is 5.69 Å². The third-order valence-electron chi connectivity index (χ3n) is 4.49. The Morgan fingerprint density at radius 2 is 1.83 bits per heavy atom. The van der Waals surface area contributed by atoms with Crippen molar-refractivity contribution in [2.45, 2.75) is 40.5 Å². The minimum Gasteiger partial charge on any atom is -0.361 e. The number of hydrogen-bond acceptors (Lipinski definition) is 7. The predicted octanol–water partition coefficient (Wildman–Crippen LogP) is 3.57. The summed E-state index contributed by atoms with van der Waals surface area (Å²) in [4.78, 5) is 24.7. The van der Waals surface area contributed by atoms with Gasteiger partial charge in [-0.05, 0) is 50.5 Å². The minimum atomic E-state index is -0.306. The summed E-state index contributed by atoms with van der Waals surface area (Å²) in [6.45, 7) is 8.41. The van der Waals surface area contributed by atoms with Gasteiger partial charge >= 0.3 is 0 Å². The molecule has 2 aromatic heterocycles. The van der Waals surface area contributed by atoms with Crippen molar-refractivity contribution in [2.24, 2.45) is 5.92 Å². The van der Waals surface area contributed by atoms with Gasteiger partial charge in [0.05, 0.1) is 5.69 Å². The normalized spacial score (nSPS) is 11.0. The highest BCUT2D eigenvalue weighted by Gasteiger charge is 2.14. The second-order valence-electron chi connectivity index (χ2n) is 7.44. The minimum absolute atomic E-state index is 0.179. The van der Waals surface area contributed by atoms with Crippen LogP contribution in [-0.2, 0) is 12.8 Å². The number of carbonyl (C=O) groups excluding carboxylic acids is 2. The van der Waals surface area contributed by atoms with Gasteiger partial charge in [0.2, 0.25) is 5.01 Å². The van der Waals surface area contributed by atoms with E-state index >= 15 is 0 Å². The highest BCUT2D eigenvalue weighted by Crippen LogP contribution is 2.17. The topological polar surface area (TPSA) is 110 Å². The highest BCUT2D eigenvalue weighted by molar-refractivity contribution is 7.13. The van der Waals surface area contributed by atoms with Gasteiger partial charge in [0.1, 0.15) is 10.8 Å². The summed E-state index contributed by atoms with van der Waals surface area (Å²) in [6, 6.07) is 6.73. The molecule has 0 bridgehead atoms. The summed E-state index contributed by atoms with van der Waals surface area (Å²) >= 11 is 1.30. The van der Waals surface area contributed by atoms with Crippen molar-refractivity contribution in [3.05, 3.63) is 56.9 Å². The van der Waals surface area contributed by atoms with Crippen LogP contribution in [0.5, 0.6) is 0 Å². The van der Waals surface area contributed by atoms with E-state index in [0.717, 1.165) is 28.4 Å². The summed E-state index contributed by atoms with van der Waals surface area (Å²) in [5, 5.41) is 18.8. The van der Waals surface area contributed by atoms with E-state index in [-0.39, 0.29) is 11.8 Å². The van der Waals surface area contributed by atoms with Gasteiger partial charge in [0.25, 0.3) is 11.8 Å². The van der Waals surface area contributed by atoms with E-state index in [9.17, 15) is 9.59 Å². The summed E-state index contributed by atoms with van der Waals surface area (Å²) in [5.74, 6) is 0.742. The van der Waals surface area contributed by atoms with Crippen LogP contribution in [0.3, 0.4) is 0 Å². The second kappa shape index (κ2) is 9.62. The van der Waals surface area contributed by atoms with Crippen molar-refractivity contribution < 1.29 is 14.1 Å². The predicted molar refractivity (Wildman–Crippen MR) is 115 cm³/mol. The van der Waals surface area contributed by atoms with Crippen molar-refractivity contribution in [1.29, 1.82) is 0 Å². The van der Waals surface area contributed by atoms with Gasteiger partial charge in [-0.25, -0.2) is 0 Å². The van der Waals surface area contributed by atoms with Crippen molar-refractivity contribution in [2.75, 3.05) is 11.9 Å². The Morgan fingerprint density at radius 1 is 1.10 bits per heavy atom. The van der Waals surface area contributed by atoms with Gasteiger partial charge in [-0.1, -0.05) is 30.3 Å². The lowest BCUT2D eigenvalue weighted by Crippen LogP contribution is -2.25. The lowest BCUT2D eigenvalue weighted by molar-refractivity contribution is 0.0953. The summed E-state index contributed by atoms with van der Waals surface area (Å²) in [6.07, 6.45) is 1.45. The maximum atomic E-state index is 12.3. The zero-order valence-electron chi connectivity index (χ0n) is 17.5. The van der Waals surface area contributed by atoms with Crippen LogP contribution < -0.4 is 10.6 Å². The van der Waals surface area contributed by atoms with Crippen LogP contribution in [0.25, 0.3) is 0 Å². The smallest absolute Gasteiger partial charge is 0.286 e. The molecule has 9 heteroatoms. The average Bonchev–Trinajstić information content (AvgIpc) is 3.29. The van der Waals surface area contributed by atoms with E-state index in [1.807, 2.05) is 13.8 Å². The SMILES string of the molecule is Cc1noc(C)c1CCNC(=O)c1ccc(NC(=O)c2nnc(CC(C)C)s2)cc1. The largest absolute Gasteiger partial charge is 0.361 e. The molecule has 3 rings (SSSR count). The lowest BCUT2D eigenvalue weighted by atomic mass is 10.1. The maximum Gasteiger partial charge on any atom is 0.286 e. The molecule has 2 amide bonds. The molecule has 0 saturated heterocycles. The van der Waals surface area contributed by atoms with E-state index in [4.69, 9.17) is 4.52 Å². The first-order valence-electron chi connectivity index (χ1n) is 9.77. The van der Waals surface area contributed by atoms with E-state index in [0.29, 0.717) is 35.1 Å². The molecule has 0 fully saturated rings. The quantitative estimate of drug-likeness (QED) is 0.569. The molecule has 0 unspecified atom stereocenters. The number of benzene rings is 1. The third kappa shape index (κ3) is 5.50. The number of nitrogens with one attached hydrogen (secondary N) is 2. The van der Waals surface area contributed by atoms with Crippen LogP contribution in [0.1, 0.15) is 56.0 Å². The van der Waals surface area contributed by atoms with Gasteiger partial charge in [-0.3, -0.25) is 9.59 Å². The van der Waals surface area contributed by atoms with Gasteiger partial charge < -0.3 is 15.2 Å². The Hall–Kier alpha value is -3.07. The van der Waals surface area contributed by atoms with E-state index in [1.165, 1.54) is 11.3 Å². The van der Waals surface area contributed by atoms with Crippen LogP contribution in [0.15, 0.2) is 28.8 Å². The van der Waals surface area contributed by atoms with Crippen LogP contribution in [0.2, 0.25) is 0 Å². The molecule has 0 aliphatic carbocycles. The first-order chi connectivity index (χ1) is 14.3. The van der Waals surface area contributed by atoms with Crippen molar-refractivity contribution in [1.82, 2.24) is 20.7 Å². The van der Waals surface area contributed by atoms with Gasteiger partial charge in [0.15, 0.2) is 0 Å². The van der Waals surface area contributed by atoms with Crippen molar-refractivity contribution >= 4 is 28.8 Å². The van der Waals surface area contributed by atoms with Gasteiger partial charge in [-0.2, -0.15) is 0 Å². The molecule has 2 heterocycles. The molecule has 0 atom stereocenters. The molecule has 0 aliphatic rings. The maximum absolute atomic E-state index is 12.3. The molecule has 30 heavy (non-hydrogen) atoms. The lowest BCUT2D eigenvalue weighted by Gasteiger charge is -2.07. The molecule has 3 aromatic rings. The molecule has 0 aliphatic heterocycles. The third-order valence-corrected chi connectivity index (χ3v) is 5.44. The summed E-state index contributed by atoms with van der Waals surface area (Å²) in [5.41, 5.74) is 2.96. The number of anilines is 1. The Morgan fingerprint density at radius 3 is 2.47 bits per heavy atom. The number of aromatic nitrogens is 3. The first kappa shape index (κ1) is 21.6. The number of nitrogens with zero attached hydrogens (tertiary/aromatic N) is 3. The molecule has 2 N–H and O–H groups in total. The molecule has 0 spiro atoms. The molecular formula is C21H25N5O3S. The second-order valence-corrected chi connectivity index (χ2v) is 8.50. The first-order valence-corrected chi connectivity index (χ1v) is 10.6. The van der Waals surface area contributed by atoms with Crippen molar-refractivity contribution in [3.8, 4) is 0 Å². The summed E-state index contributed by atoms with van der Waals surface area (Å²) < 4.78 is 5.13. The standard InChI is InChI=1S/C21H25N5O3S/c1-12(2)11-18-24-25-21(30-18)20(28)23-16-7-5-15(6-8-16)19(27)22-10-9-17-13(3)26-29-14(17)4/h5-8,12H,9-11H2,1-4H3,(H,22,27)(H,23,28). The Bertz CT molecular complexity index is 1000. The number of rotatable bonds is 8. The molecule has 0 radical (unpaired) electrons. The molecule has 158 valence electrons. The Kier molecular flexibility index (Phi) is 6.94. The summed E-state index contributed by atoms with van der Waals surface area (Å²) in [7, 11) is 0. The Labute approximate surface area is 179 Å². The fourth-order valence-corrected chi connectivity index (χ4v) is 3.88. The number of carbonyl (C=O) groups is 2. The van der Waals surface area contributed by atoms with E-state index in [1.54, 1.807) is 24.3 Å². The number of aryl methyl sites for hydroxylation is 2. The number of hydrogen-bond donors (Lipinski definition) is 2. The van der Waals surface area contributed by atoms with Crippen molar-refractivity contribution in [3.63, 3.8) is 0 Å². The van der Waals surface area contributed by atoms with E-state index in [2.05, 4.69) is 39.8 Å². The monoisotopic (exact) mass is 427 g/mol. The Balaban J connectivity index is 1.52. The molecule has 8 nitrogen and oxygen atoms in total. The fraction of sp³-hybridized carbons (Fsp3) is 0.381. The van der Waals surface area contributed by atoms with Crippen LogP contribution >= 0.6 is 11.3 Å². The highest BCUT2D eigenvalue weighted by atomic mass is 32.1. The molecular weight excluding hydrogens is 402 g/mol.